The first-order valence-electron chi connectivity index (χ1n) is 2.79. The van der Waals surface area contributed by atoms with E-state index >= 15 is 0 Å². The van der Waals surface area contributed by atoms with Gasteiger partial charge in [-0.3, -0.25) is 4.79 Å². The molecule has 0 aliphatic carbocycles. The SMILES string of the molecule is Cl.O=c1[nH]cnc2ccsc12. The monoisotopic (exact) mass is 188 g/mol. The molecule has 0 aromatic carbocycles. The van der Waals surface area contributed by atoms with Crippen LogP contribution >= 0.6 is 23.7 Å². The van der Waals surface area contributed by atoms with Crippen molar-refractivity contribution in [1.82, 2.24) is 9.97 Å². The van der Waals surface area contributed by atoms with E-state index in [2.05, 4.69) is 9.97 Å². The zero-order chi connectivity index (χ0) is 6.97. The number of hydrogen-bond acceptors (Lipinski definition) is 3. The molecule has 0 atom stereocenters. The van der Waals surface area contributed by atoms with Crippen molar-refractivity contribution in [3.05, 3.63) is 28.1 Å². The lowest BCUT2D eigenvalue weighted by atomic mass is 10.5. The number of nitrogens with zero attached hydrogens (tertiary/aromatic N) is 1. The summed E-state index contributed by atoms with van der Waals surface area (Å²) in [5.41, 5.74) is 0.716. The lowest BCUT2D eigenvalue weighted by Gasteiger charge is -1.82. The molecule has 0 saturated carbocycles. The minimum atomic E-state index is -0.0556. The predicted octanol–water partition coefficient (Wildman–Crippen LogP) is 1.41. The average Bonchev–Trinajstić information content (AvgIpc) is 2.36. The second kappa shape index (κ2) is 3.02. The fourth-order valence-corrected chi connectivity index (χ4v) is 1.54. The van der Waals surface area contributed by atoms with E-state index in [1.54, 1.807) is 0 Å². The molecule has 0 radical (unpaired) electrons. The van der Waals surface area contributed by atoms with Gasteiger partial charge in [0.2, 0.25) is 0 Å². The van der Waals surface area contributed by atoms with Crippen molar-refractivity contribution in [2.24, 2.45) is 0 Å². The van der Waals surface area contributed by atoms with Gasteiger partial charge in [0.15, 0.2) is 0 Å². The van der Waals surface area contributed by atoms with Gasteiger partial charge in [0.25, 0.3) is 5.56 Å². The van der Waals surface area contributed by atoms with Crippen molar-refractivity contribution in [3.63, 3.8) is 0 Å². The summed E-state index contributed by atoms with van der Waals surface area (Å²) in [6.07, 6.45) is 1.41. The Morgan fingerprint density at radius 3 is 3.09 bits per heavy atom. The number of aromatic amines is 1. The van der Waals surface area contributed by atoms with Crippen LogP contribution in [0.1, 0.15) is 0 Å². The third-order valence-electron chi connectivity index (χ3n) is 1.25. The van der Waals surface area contributed by atoms with Crippen molar-refractivity contribution < 1.29 is 0 Å². The molecule has 2 aromatic heterocycles. The number of halogens is 1. The standard InChI is InChI=1S/C6H4N2OS.ClH/c9-6-5-4(1-2-10-5)7-3-8-6;/h1-3H,(H,7,8,9);1H. The number of aromatic nitrogens is 2. The van der Waals surface area contributed by atoms with Crippen LogP contribution in [-0.4, -0.2) is 9.97 Å². The van der Waals surface area contributed by atoms with Crippen LogP contribution in [-0.2, 0) is 0 Å². The topological polar surface area (TPSA) is 45.8 Å². The summed E-state index contributed by atoms with van der Waals surface area (Å²) in [5, 5.41) is 1.85. The second-order valence-corrected chi connectivity index (χ2v) is 2.78. The van der Waals surface area contributed by atoms with E-state index in [0.717, 1.165) is 5.52 Å². The molecule has 0 spiro atoms. The molecule has 0 aliphatic rings. The van der Waals surface area contributed by atoms with E-state index in [0.29, 0.717) is 4.70 Å². The van der Waals surface area contributed by atoms with Gasteiger partial charge in [-0.15, -0.1) is 23.7 Å². The highest BCUT2D eigenvalue weighted by atomic mass is 35.5. The first kappa shape index (κ1) is 8.23. The molecule has 3 nitrogen and oxygen atoms in total. The van der Waals surface area contributed by atoms with Crippen molar-refractivity contribution in [2.45, 2.75) is 0 Å². The molecular formula is C6H5ClN2OS. The first-order chi connectivity index (χ1) is 4.88. The van der Waals surface area contributed by atoms with Gasteiger partial charge < -0.3 is 4.98 Å². The Balaban J connectivity index is 0.000000605. The maximum absolute atomic E-state index is 11.0. The van der Waals surface area contributed by atoms with Crippen LogP contribution in [0.25, 0.3) is 10.2 Å². The third-order valence-corrected chi connectivity index (χ3v) is 2.15. The molecule has 2 rings (SSSR count). The van der Waals surface area contributed by atoms with E-state index in [1.807, 2.05) is 11.4 Å². The Morgan fingerprint density at radius 2 is 2.36 bits per heavy atom. The molecule has 0 amide bonds. The van der Waals surface area contributed by atoms with Crippen LogP contribution in [0.15, 0.2) is 22.6 Å². The van der Waals surface area contributed by atoms with Gasteiger partial charge in [0, 0.05) is 0 Å². The summed E-state index contributed by atoms with van der Waals surface area (Å²) in [4.78, 5) is 17.4. The van der Waals surface area contributed by atoms with Gasteiger partial charge in [-0.1, -0.05) is 0 Å². The van der Waals surface area contributed by atoms with Crippen LogP contribution in [0.4, 0.5) is 0 Å². The highest BCUT2D eigenvalue weighted by molar-refractivity contribution is 7.17. The first-order valence-corrected chi connectivity index (χ1v) is 3.67. The van der Waals surface area contributed by atoms with E-state index < -0.39 is 0 Å². The smallest absolute Gasteiger partial charge is 0.268 e. The number of H-pyrrole nitrogens is 1. The van der Waals surface area contributed by atoms with Gasteiger partial charge in [-0.2, -0.15) is 0 Å². The van der Waals surface area contributed by atoms with Crippen LogP contribution in [0.3, 0.4) is 0 Å². The number of hydrogen-bond donors (Lipinski definition) is 1. The molecule has 2 aromatic rings. The third kappa shape index (κ3) is 1.27. The van der Waals surface area contributed by atoms with Crippen molar-refractivity contribution in [2.75, 3.05) is 0 Å². The molecule has 0 unspecified atom stereocenters. The van der Waals surface area contributed by atoms with Gasteiger partial charge in [0.1, 0.15) is 4.70 Å². The normalized spacial score (nSPS) is 9.45. The van der Waals surface area contributed by atoms with Gasteiger partial charge in [0.05, 0.1) is 11.8 Å². The molecule has 58 valence electrons. The van der Waals surface area contributed by atoms with E-state index in [1.165, 1.54) is 17.7 Å². The average molecular weight is 189 g/mol. The molecule has 1 N–H and O–H groups in total. The summed E-state index contributed by atoms with van der Waals surface area (Å²) >= 11 is 1.41. The molecule has 0 bridgehead atoms. The number of nitrogens with one attached hydrogen (secondary N) is 1. The highest BCUT2D eigenvalue weighted by Gasteiger charge is 1.97. The van der Waals surface area contributed by atoms with Crippen LogP contribution in [0.5, 0.6) is 0 Å². The summed E-state index contributed by atoms with van der Waals surface area (Å²) in [6, 6.07) is 1.83. The van der Waals surface area contributed by atoms with Gasteiger partial charge in [-0.25, -0.2) is 4.98 Å². The van der Waals surface area contributed by atoms with Crippen LogP contribution in [0, 0.1) is 0 Å². The Labute approximate surface area is 72.5 Å². The molecule has 5 heteroatoms. The van der Waals surface area contributed by atoms with Crippen molar-refractivity contribution in [3.8, 4) is 0 Å². The Morgan fingerprint density at radius 1 is 1.55 bits per heavy atom. The van der Waals surface area contributed by atoms with Crippen molar-refractivity contribution in [1.29, 1.82) is 0 Å². The molecule has 0 saturated heterocycles. The Bertz CT molecular complexity index is 408. The van der Waals surface area contributed by atoms with E-state index in [4.69, 9.17) is 0 Å². The zero-order valence-corrected chi connectivity index (χ0v) is 7.04. The lowest BCUT2D eigenvalue weighted by Crippen LogP contribution is -2.02. The number of fused-ring (bicyclic) bond motifs is 1. The number of rotatable bonds is 0. The molecule has 0 fully saturated rings. The summed E-state index contributed by atoms with van der Waals surface area (Å²) in [7, 11) is 0. The van der Waals surface area contributed by atoms with Crippen molar-refractivity contribution >= 4 is 34.0 Å². The summed E-state index contributed by atoms with van der Waals surface area (Å²) in [6.45, 7) is 0. The van der Waals surface area contributed by atoms with Crippen LogP contribution < -0.4 is 5.56 Å². The minimum Gasteiger partial charge on any atom is -0.312 e. The second-order valence-electron chi connectivity index (χ2n) is 1.87. The number of thiophene rings is 1. The summed E-state index contributed by atoms with van der Waals surface area (Å²) in [5.74, 6) is 0. The predicted molar refractivity (Wildman–Crippen MR) is 47.5 cm³/mol. The minimum absolute atomic E-state index is 0. The molecule has 11 heavy (non-hydrogen) atoms. The van der Waals surface area contributed by atoms with E-state index in [9.17, 15) is 4.79 Å². The fraction of sp³-hybridized carbons (Fsp3) is 0. The largest absolute Gasteiger partial charge is 0.312 e. The molecular weight excluding hydrogens is 184 g/mol. The van der Waals surface area contributed by atoms with E-state index in [-0.39, 0.29) is 18.0 Å². The quantitative estimate of drug-likeness (QED) is 0.680. The Hall–Kier alpha value is -0.870. The summed E-state index contributed by atoms with van der Waals surface area (Å²) < 4.78 is 0.697. The fourth-order valence-electron chi connectivity index (χ4n) is 0.800. The maximum Gasteiger partial charge on any atom is 0.268 e. The van der Waals surface area contributed by atoms with Crippen LogP contribution in [0.2, 0.25) is 0 Å². The lowest BCUT2D eigenvalue weighted by molar-refractivity contribution is 1.18. The van der Waals surface area contributed by atoms with Gasteiger partial charge in [-0.05, 0) is 11.4 Å². The molecule has 2 heterocycles. The highest BCUT2D eigenvalue weighted by Crippen LogP contribution is 2.11. The molecule has 0 aliphatic heterocycles. The van der Waals surface area contributed by atoms with Gasteiger partial charge >= 0.3 is 0 Å². The zero-order valence-electron chi connectivity index (χ0n) is 5.40. The maximum atomic E-state index is 11.0. The Kier molecular flexibility index (Phi) is 2.26.